The highest BCUT2D eigenvalue weighted by atomic mass is 32.2. The molecule has 3 fully saturated rings. The van der Waals surface area contributed by atoms with Crippen molar-refractivity contribution in [3.8, 4) is 5.75 Å². The maximum Gasteiger partial charge on any atom is 0.251 e. The molecule has 1 aromatic rings. The number of unbranched alkanes of at least 4 members (excludes halogenated alkanes) is 2. The Kier molecular flexibility index (Phi) is 8.81. The van der Waals surface area contributed by atoms with Gasteiger partial charge in [-0.15, -0.1) is 24.9 Å². The summed E-state index contributed by atoms with van der Waals surface area (Å²) in [7, 11) is 3.35. The lowest BCUT2D eigenvalue weighted by Gasteiger charge is -2.37. The number of ether oxygens (including phenoxy) is 1. The van der Waals surface area contributed by atoms with E-state index in [1.54, 1.807) is 52.8 Å². The Labute approximate surface area is 236 Å². The lowest BCUT2D eigenvalue weighted by Crippen LogP contribution is -2.55. The number of nitrogens with zero attached hydrogens (tertiary/aromatic N) is 3. The van der Waals surface area contributed by atoms with E-state index in [0.717, 1.165) is 12.8 Å². The first-order valence-corrected chi connectivity index (χ1v) is 14.5. The number of thioether (sulfide) groups is 1. The Morgan fingerprint density at radius 1 is 1.13 bits per heavy atom. The largest absolute Gasteiger partial charge is 0.497 e. The zero-order chi connectivity index (χ0) is 28.4. The van der Waals surface area contributed by atoms with E-state index in [4.69, 9.17) is 4.74 Å². The number of methoxy groups -OCH3 is 1. The van der Waals surface area contributed by atoms with Gasteiger partial charge in [0.25, 0.3) is 5.91 Å². The minimum Gasteiger partial charge on any atom is -0.497 e. The number of benzene rings is 1. The highest BCUT2D eigenvalue weighted by Gasteiger charge is 2.77. The topological polar surface area (TPSA) is 90.4 Å². The molecule has 3 saturated heterocycles. The summed E-state index contributed by atoms with van der Waals surface area (Å²) in [6.45, 7) is 10.9. The Balaban J connectivity index is 1.76. The SMILES string of the molecule is C=CCN(C)C(=O)[C@@H]1[C@H]2C(=O)N(CCCCCO)C(C(=O)N(CC=C)c3ccc(OC)cc3)C23CC[C@@]1(C)S3. The first-order chi connectivity index (χ1) is 18.7. The molecule has 1 spiro atoms. The number of anilines is 1. The van der Waals surface area contributed by atoms with E-state index >= 15 is 0 Å². The van der Waals surface area contributed by atoms with Gasteiger partial charge in [0, 0.05) is 43.7 Å². The number of aliphatic hydroxyl groups is 1. The maximum absolute atomic E-state index is 14.6. The van der Waals surface area contributed by atoms with Crippen LogP contribution in [0.15, 0.2) is 49.6 Å². The number of fused-ring (bicyclic) bond motifs is 1. The summed E-state index contributed by atoms with van der Waals surface area (Å²) in [6, 6.07) is 6.62. The Morgan fingerprint density at radius 2 is 1.82 bits per heavy atom. The molecule has 39 heavy (non-hydrogen) atoms. The molecule has 3 amide bonds. The van der Waals surface area contributed by atoms with Crippen LogP contribution in [0.25, 0.3) is 0 Å². The van der Waals surface area contributed by atoms with E-state index in [1.165, 1.54) is 0 Å². The highest BCUT2D eigenvalue weighted by Crippen LogP contribution is 2.71. The number of aliphatic hydroxyl groups excluding tert-OH is 1. The molecule has 4 rings (SSSR count). The molecule has 9 heteroatoms. The second kappa shape index (κ2) is 11.8. The second-order valence-corrected chi connectivity index (χ2v) is 12.9. The van der Waals surface area contributed by atoms with Crippen LogP contribution in [0.3, 0.4) is 0 Å². The molecular weight excluding hydrogens is 514 g/mol. The predicted octanol–water partition coefficient (Wildman–Crippen LogP) is 3.50. The molecule has 3 aliphatic heterocycles. The number of likely N-dealkylation sites (tertiary alicyclic amines) is 1. The van der Waals surface area contributed by atoms with Gasteiger partial charge in [-0.25, -0.2) is 0 Å². The van der Waals surface area contributed by atoms with Crippen LogP contribution in [0.2, 0.25) is 0 Å². The normalized spacial score (nSPS) is 28.8. The number of carbonyl (C=O) groups is 3. The number of amides is 3. The number of rotatable bonds is 13. The van der Waals surface area contributed by atoms with Gasteiger partial charge in [0.05, 0.1) is 23.7 Å². The average molecular weight is 556 g/mol. The minimum atomic E-state index is -0.694. The van der Waals surface area contributed by atoms with Crippen LogP contribution in [-0.4, -0.2) is 88.6 Å². The molecule has 0 aromatic heterocycles. The molecule has 2 unspecified atom stereocenters. The maximum atomic E-state index is 14.6. The zero-order valence-corrected chi connectivity index (χ0v) is 24.1. The minimum absolute atomic E-state index is 0.0590. The third-order valence-electron chi connectivity index (χ3n) is 8.57. The van der Waals surface area contributed by atoms with Crippen molar-refractivity contribution >= 4 is 35.2 Å². The predicted molar refractivity (Wildman–Crippen MR) is 155 cm³/mol. The van der Waals surface area contributed by atoms with Gasteiger partial charge >= 0.3 is 0 Å². The van der Waals surface area contributed by atoms with Gasteiger partial charge < -0.3 is 24.5 Å². The van der Waals surface area contributed by atoms with Crippen molar-refractivity contribution in [2.45, 2.75) is 54.6 Å². The molecule has 2 bridgehead atoms. The molecule has 8 nitrogen and oxygen atoms in total. The van der Waals surface area contributed by atoms with Gasteiger partial charge in [-0.3, -0.25) is 14.4 Å². The van der Waals surface area contributed by atoms with Crippen LogP contribution in [-0.2, 0) is 14.4 Å². The first kappa shape index (κ1) is 29.2. The standard InChI is InChI=1S/C30H41N3O5S/c1-6-17-31(4)26(35)23-24-27(36)33(19-9-8-10-20-34)25(30(24)16-15-29(23,3)39-30)28(37)32(18-7-2)21-11-13-22(38-5)14-12-21/h6-7,11-14,23-25,34H,1-2,8-10,15-20H2,3-5H3/t23-,24-,25?,29+,30?/m0/s1. The molecule has 3 heterocycles. The van der Waals surface area contributed by atoms with Gasteiger partial charge in [0.2, 0.25) is 11.8 Å². The van der Waals surface area contributed by atoms with Crippen LogP contribution in [0, 0.1) is 11.8 Å². The third-order valence-corrected chi connectivity index (χ3v) is 10.6. The summed E-state index contributed by atoms with van der Waals surface area (Å²) < 4.78 is 4.20. The molecule has 212 valence electrons. The molecule has 0 radical (unpaired) electrons. The van der Waals surface area contributed by atoms with Crippen molar-refractivity contribution in [1.29, 1.82) is 0 Å². The fourth-order valence-electron chi connectivity index (χ4n) is 6.77. The van der Waals surface area contributed by atoms with Crippen molar-refractivity contribution in [2.24, 2.45) is 11.8 Å². The number of carbonyl (C=O) groups excluding carboxylic acids is 3. The van der Waals surface area contributed by atoms with E-state index in [1.807, 2.05) is 24.3 Å². The Morgan fingerprint density at radius 3 is 2.44 bits per heavy atom. The van der Waals surface area contributed by atoms with Gasteiger partial charge in [0.1, 0.15) is 11.8 Å². The van der Waals surface area contributed by atoms with Crippen molar-refractivity contribution in [2.75, 3.05) is 45.3 Å². The summed E-state index contributed by atoms with van der Waals surface area (Å²) >= 11 is 1.68. The van der Waals surface area contributed by atoms with Crippen molar-refractivity contribution < 1.29 is 24.2 Å². The molecule has 1 N–H and O–H groups in total. The van der Waals surface area contributed by atoms with Gasteiger partial charge in [-0.2, -0.15) is 0 Å². The van der Waals surface area contributed by atoms with Crippen LogP contribution >= 0.6 is 11.8 Å². The van der Waals surface area contributed by atoms with Gasteiger partial charge in [-0.05, 0) is 63.3 Å². The van der Waals surface area contributed by atoms with Crippen LogP contribution < -0.4 is 9.64 Å². The van der Waals surface area contributed by atoms with Crippen molar-refractivity contribution in [3.05, 3.63) is 49.6 Å². The summed E-state index contributed by atoms with van der Waals surface area (Å²) in [5.41, 5.74) is 0.704. The van der Waals surface area contributed by atoms with Gasteiger partial charge in [-0.1, -0.05) is 12.2 Å². The Hall–Kier alpha value is -2.78. The number of hydrogen-bond acceptors (Lipinski definition) is 6. The van der Waals surface area contributed by atoms with Crippen molar-refractivity contribution in [3.63, 3.8) is 0 Å². The number of likely N-dealkylation sites (N-methyl/N-ethyl adjacent to an activating group) is 1. The fraction of sp³-hybridized carbons (Fsp3) is 0.567. The molecule has 1 aromatic carbocycles. The molecule has 0 saturated carbocycles. The van der Waals surface area contributed by atoms with E-state index < -0.39 is 27.4 Å². The molecule has 3 aliphatic rings. The summed E-state index contributed by atoms with van der Waals surface area (Å²) in [4.78, 5) is 47.7. The lowest BCUT2D eigenvalue weighted by atomic mass is 9.66. The molecule has 0 aliphatic carbocycles. The van der Waals surface area contributed by atoms with Crippen LogP contribution in [0.5, 0.6) is 5.75 Å². The molecular formula is C30H41N3O5S. The van der Waals surface area contributed by atoms with Gasteiger partial charge in [0.15, 0.2) is 0 Å². The smallest absolute Gasteiger partial charge is 0.251 e. The number of hydrogen-bond donors (Lipinski definition) is 1. The van der Waals surface area contributed by atoms with E-state index in [0.29, 0.717) is 50.3 Å². The van der Waals surface area contributed by atoms with E-state index in [-0.39, 0.29) is 24.3 Å². The quantitative estimate of drug-likeness (QED) is 0.296. The average Bonchev–Trinajstić information content (AvgIpc) is 3.50. The lowest BCUT2D eigenvalue weighted by molar-refractivity contribution is -0.144. The zero-order valence-electron chi connectivity index (χ0n) is 23.3. The van der Waals surface area contributed by atoms with Crippen LogP contribution in [0.1, 0.15) is 39.0 Å². The Bertz CT molecular complexity index is 1110. The monoisotopic (exact) mass is 555 g/mol. The third kappa shape index (κ3) is 4.99. The van der Waals surface area contributed by atoms with Crippen molar-refractivity contribution in [1.82, 2.24) is 9.80 Å². The summed E-state index contributed by atoms with van der Waals surface area (Å²) in [5, 5.41) is 9.27. The summed E-state index contributed by atoms with van der Waals surface area (Å²) in [6.07, 6.45) is 6.93. The summed E-state index contributed by atoms with van der Waals surface area (Å²) in [5.74, 6) is -0.687. The van der Waals surface area contributed by atoms with E-state index in [2.05, 4.69) is 20.1 Å². The fourth-order valence-corrected chi connectivity index (χ4v) is 9.12. The first-order valence-electron chi connectivity index (χ1n) is 13.7. The van der Waals surface area contributed by atoms with Crippen LogP contribution in [0.4, 0.5) is 5.69 Å². The second-order valence-electron chi connectivity index (χ2n) is 11.0. The van der Waals surface area contributed by atoms with E-state index in [9.17, 15) is 19.5 Å². The highest BCUT2D eigenvalue weighted by molar-refractivity contribution is 8.02. The molecule has 5 atom stereocenters.